The molecule has 1 aliphatic rings. The predicted octanol–water partition coefficient (Wildman–Crippen LogP) is 3.09. The average Bonchev–Trinajstić information content (AvgIpc) is 2.99. The quantitative estimate of drug-likeness (QED) is 0.634. The fourth-order valence-electron chi connectivity index (χ4n) is 3.43. The van der Waals surface area contributed by atoms with Crippen molar-refractivity contribution in [2.45, 2.75) is 10.1 Å². The summed E-state index contributed by atoms with van der Waals surface area (Å²) in [6, 6.07) is 19.1. The van der Waals surface area contributed by atoms with E-state index in [0.29, 0.717) is 0 Å². The molecule has 1 atom stereocenters. The average molecular weight is 421 g/mol. The lowest BCUT2D eigenvalue weighted by atomic mass is 10.1. The number of rotatable bonds is 5. The first-order chi connectivity index (χ1) is 14.3. The van der Waals surface area contributed by atoms with E-state index in [1.807, 2.05) is 0 Å². The minimum Gasteiger partial charge on any atom is -0.480 e. The molecule has 0 bridgehead atoms. The van der Waals surface area contributed by atoms with Crippen LogP contribution in [0.2, 0.25) is 0 Å². The zero-order valence-corrected chi connectivity index (χ0v) is 16.2. The molecular weight excluding hydrogens is 406 g/mol. The van der Waals surface area contributed by atoms with E-state index in [9.17, 15) is 27.9 Å². The molecule has 1 unspecified atom stereocenters. The van der Waals surface area contributed by atoms with Crippen molar-refractivity contribution in [1.82, 2.24) is 0 Å². The van der Waals surface area contributed by atoms with E-state index in [1.54, 1.807) is 42.5 Å². The van der Waals surface area contributed by atoms with Gasteiger partial charge in [0.2, 0.25) is 0 Å². The highest BCUT2D eigenvalue weighted by Crippen LogP contribution is 2.32. The Labute approximate surface area is 172 Å². The van der Waals surface area contributed by atoms with Crippen LogP contribution in [0.25, 0.3) is 0 Å². The van der Waals surface area contributed by atoms with E-state index in [-0.39, 0.29) is 27.3 Å². The Morgan fingerprint density at radius 1 is 0.767 bits per heavy atom. The van der Waals surface area contributed by atoms with Crippen LogP contribution in [-0.4, -0.2) is 31.3 Å². The third-order valence-corrected chi connectivity index (χ3v) is 6.88. The van der Waals surface area contributed by atoms with Crippen molar-refractivity contribution in [3.63, 3.8) is 0 Å². The molecule has 30 heavy (non-hydrogen) atoms. The van der Waals surface area contributed by atoms with Gasteiger partial charge in [-0.1, -0.05) is 42.5 Å². The van der Waals surface area contributed by atoms with Crippen LogP contribution in [0.3, 0.4) is 0 Å². The maximum Gasteiger partial charge on any atom is 0.326 e. The number of amides is 2. The Morgan fingerprint density at radius 3 is 1.77 bits per heavy atom. The molecule has 0 saturated carbocycles. The first kappa shape index (κ1) is 19.5. The summed E-state index contributed by atoms with van der Waals surface area (Å²) in [5.74, 6) is -2.50. The van der Waals surface area contributed by atoms with Gasteiger partial charge in [-0.25, -0.2) is 13.3 Å². The number of fused-ring (bicyclic) bond motifs is 1. The van der Waals surface area contributed by atoms with Crippen LogP contribution in [0, 0.1) is 0 Å². The number of hydrogen-bond acceptors (Lipinski definition) is 5. The third kappa shape index (κ3) is 3.07. The Hall–Kier alpha value is -3.78. The number of benzene rings is 3. The van der Waals surface area contributed by atoms with E-state index >= 15 is 0 Å². The number of sulfone groups is 1. The van der Waals surface area contributed by atoms with Crippen LogP contribution < -0.4 is 4.90 Å². The highest BCUT2D eigenvalue weighted by Gasteiger charge is 2.38. The van der Waals surface area contributed by atoms with Crippen LogP contribution >= 0.6 is 0 Å². The van der Waals surface area contributed by atoms with Gasteiger partial charge in [0.25, 0.3) is 11.8 Å². The standard InChI is InChI=1S/C22H15NO6S/c24-20-17-8-4-5-9-18(17)21(25)23(20)15-10-12-16(13-11-15)30(28,29)19(22(26)27)14-6-2-1-3-7-14/h1-13,19H,(H,26,27). The normalized spacial score (nSPS) is 14.5. The second-order valence-corrected chi connectivity index (χ2v) is 8.69. The number of carboxylic acid groups (broad SMARTS) is 1. The Bertz CT molecular complexity index is 1230. The molecular formula is C22H15NO6S. The number of hydrogen-bond donors (Lipinski definition) is 1. The van der Waals surface area contributed by atoms with E-state index in [0.717, 1.165) is 4.90 Å². The number of nitrogens with zero attached hydrogens (tertiary/aromatic N) is 1. The number of imide groups is 1. The molecule has 1 aliphatic heterocycles. The van der Waals surface area contributed by atoms with E-state index < -0.39 is 32.9 Å². The van der Waals surface area contributed by atoms with Crippen molar-refractivity contribution in [1.29, 1.82) is 0 Å². The summed E-state index contributed by atoms with van der Waals surface area (Å²) in [7, 11) is -4.26. The van der Waals surface area contributed by atoms with Crippen LogP contribution in [0.5, 0.6) is 0 Å². The maximum atomic E-state index is 13.0. The minimum atomic E-state index is -4.26. The van der Waals surface area contributed by atoms with Crippen molar-refractivity contribution in [3.8, 4) is 0 Å². The molecule has 0 spiro atoms. The molecule has 1 heterocycles. The first-order valence-corrected chi connectivity index (χ1v) is 10.5. The predicted molar refractivity (Wildman–Crippen MR) is 108 cm³/mol. The lowest BCUT2D eigenvalue weighted by molar-refractivity contribution is -0.136. The van der Waals surface area contributed by atoms with Crippen molar-refractivity contribution in [3.05, 3.63) is 95.6 Å². The Kier molecular flexibility index (Phi) is 4.71. The van der Waals surface area contributed by atoms with Crippen LogP contribution in [0.4, 0.5) is 5.69 Å². The van der Waals surface area contributed by atoms with Gasteiger partial charge in [0, 0.05) is 0 Å². The van der Waals surface area contributed by atoms with E-state index in [2.05, 4.69) is 0 Å². The van der Waals surface area contributed by atoms with Crippen molar-refractivity contribution < 1.29 is 27.9 Å². The largest absolute Gasteiger partial charge is 0.480 e. The van der Waals surface area contributed by atoms with Gasteiger partial charge >= 0.3 is 5.97 Å². The molecule has 8 heteroatoms. The number of carbonyl (C=O) groups excluding carboxylic acids is 2. The van der Waals surface area contributed by atoms with Gasteiger partial charge in [0.15, 0.2) is 15.1 Å². The molecule has 7 nitrogen and oxygen atoms in total. The Balaban J connectivity index is 1.69. The molecule has 3 aromatic rings. The minimum absolute atomic E-state index is 0.134. The Morgan fingerprint density at radius 2 is 1.27 bits per heavy atom. The molecule has 0 aromatic heterocycles. The summed E-state index contributed by atoms with van der Waals surface area (Å²) in [5, 5.41) is 7.77. The van der Waals surface area contributed by atoms with Gasteiger partial charge in [-0.2, -0.15) is 0 Å². The van der Waals surface area contributed by atoms with Gasteiger partial charge < -0.3 is 5.11 Å². The topological polar surface area (TPSA) is 109 Å². The highest BCUT2D eigenvalue weighted by atomic mass is 32.2. The van der Waals surface area contributed by atoms with Crippen LogP contribution in [0.1, 0.15) is 31.5 Å². The van der Waals surface area contributed by atoms with E-state index in [4.69, 9.17) is 0 Å². The SMILES string of the molecule is O=C(O)C(c1ccccc1)S(=O)(=O)c1ccc(N2C(=O)c3ccccc3C2=O)cc1. The molecule has 4 rings (SSSR count). The molecule has 0 radical (unpaired) electrons. The summed E-state index contributed by atoms with van der Waals surface area (Å²) in [6.45, 7) is 0. The molecule has 150 valence electrons. The summed E-state index contributed by atoms with van der Waals surface area (Å²) in [5.41, 5.74) is 0.879. The molecule has 0 saturated heterocycles. The lowest BCUT2D eigenvalue weighted by Gasteiger charge is -2.16. The first-order valence-electron chi connectivity index (χ1n) is 8.92. The summed E-state index contributed by atoms with van der Waals surface area (Å²) in [6.07, 6.45) is 0. The van der Waals surface area contributed by atoms with Gasteiger partial charge in [-0.3, -0.25) is 14.4 Å². The van der Waals surface area contributed by atoms with Crippen molar-refractivity contribution >= 4 is 33.3 Å². The van der Waals surface area contributed by atoms with E-state index in [1.165, 1.54) is 36.4 Å². The zero-order chi connectivity index (χ0) is 21.5. The summed E-state index contributed by atoms with van der Waals surface area (Å²) in [4.78, 5) is 37.6. The maximum absolute atomic E-state index is 13.0. The second kappa shape index (κ2) is 7.23. The number of carboxylic acids is 1. The molecule has 0 fully saturated rings. The number of aliphatic carboxylic acids is 1. The lowest BCUT2D eigenvalue weighted by Crippen LogP contribution is -2.29. The molecule has 3 aromatic carbocycles. The monoisotopic (exact) mass is 421 g/mol. The molecule has 0 aliphatic carbocycles. The van der Waals surface area contributed by atoms with Gasteiger partial charge in [-0.05, 0) is 42.0 Å². The third-order valence-electron chi connectivity index (χ3n) is 4.85. The molecule has 2 amide bonds. The van der Waals surface area contributed by atoms with Crippen molar-refractivity contribution in [2.75, 3.05) is 4.90 Å². The molecule has 1 N–H and O–H groups in total. The summed E-state index contributed by atoms with van der Waals surface area (Å²) >= 11 is 0. The fraction of sp³-hybridized carbons (Fsp3) is 0.0455. The fourth-order valence-corrected chi connectivity index (χ4v) is 5.00. The second-order valence-electron chi connectivity index (χ2n) is 6.66. The zero-order valence-electron chi connectivity index (χ0n) is 15.4. The van der Waals surface area contributed by atoms with Gasteiger partial charge in [0.05, 0.1) is 21.7 Å². The summed E-state index contributed by atoms with van der Waals surface area (Å²) < 4.78 is 26.0. The van der Waals surface area contributed by atoms with Crippen LogP contribution in [0.15, 0.2) is 83.8 Å². The number of anilines is 1. The number of carbonyl (C=O) groups is 3. The highest BCUT2D eigenvalue weighted by molar-refractivity contribution is 7.92. The van der Waals surface area contributed by atoms with Gasteiger partial charge in [-0.15, -0.1) is 0 Å². The van der Waals surface area contributed by atoms with Gasteiger partial charge in [0.1, 0.15) is 0 Å². The van der Waals surface area contributed by atoms with Crippen molar-refractivity contribution in [2.24, 2.45) is 0 Å². The van der Waals surface area contributed by atoms with Crippen LogP contribution in [-0.2, 0) is 14.6 Å². The smallest absolute Gasteiger partial charge is 0.326 e.